The molecule has 0 fully saturated rings. The molecule has 2 aromatic rings. The molecule has 13 heteroatoms. The van der Waals surface area contributed by atoms with Crippen LogP contribution in [0, 0.1) is 10.1 Å². The van der Waals surface area contributed by atoms with Crippen molar-refractivity contribution in [2.75, 3.05) is 12.9 Å². The largest absolute Gasteiger partial charge is 0.480 e. The lowest BCUT2D eigenvalue weighted by Gasteiger charge is -2.12. The molecule has 0 aliphatic rings. The van der Waals surface area contributed by atoms with Gasteiger partial charge in [-0.3, -0.25) is 10.1 Å². The van der Waals surface area contributed by atoms with Crippen LogP contribution in [0.3, 0.4) is 0 Å². The van der Waals surface area contributed by atoms with Gasteiger partial charge in [-0.15, -0.1) is 4.40 Å². The van der Waals surface area contributed by atoms with E-state index >= 15 is 0 Å². The fraction of sp³-hybridized carbons (Fsp3) is 0.278. The summed E-state index contributed by atoms with van der Waals surface area (Å²) in [6, 6.07) is 5.68. The quantitative estimate of drug-likeness (QED) is 0.233. The number of benzene rings is 2. The van der Waals surface area contributed by atoms with Crippen molar-refractivity contribution < 1.29 is 36.0 Å². The minimum absolute atomic E-state index is 0.0695. The van der Waals surface area contributed by atoms with Crippen molar-refractivity contribution >= 4 is 33.2 Å². The number of alkyl halides is 3. The summed E-state index contributed by atoms with van der Waals surface area (Å²) >= 11 is 5.86. The van der Waals surface area contributed by atoms with Crippen molar-refractivity contribution in [3.63, 3.8) is 0 Å². The molecular formula is C18H16ClF3N2O6S. The van der Waals surface area contributed by atoms with Gasteiger partial charge < -0.3 is 9.47 Å². The lowest BCUT2D eigenvalue weighted by molar-refractivity contribution is -0.385. The average Bonchev–Trinajstić information content (AvgIpc) is 2.66. The number of hydrogen-bond acceptors (Lipinski definition) is 6. The van der Waals surface area contributed by atoms with Crippen LogP contribution in [0.1, 0.15) is 24.5 Å². The molecule has 8 nitrogen and oxygen atoms in total. The van der Waals surface area contributed by atoms with E-state index in [2.05, 4.69) is 4.40 Å². The van der Waals surface area contributed by atoms with E-state index in [1.807, 2.05) is 0 Å². The number of nitrogens with zero attached hydrogens (tertiary/aromatic N) is 2. The minimum atomic E-state index is -4.60. The maximum Gasteiger partial charge on any atom is 0.416 e. The molecule has 0 aromatic heterocycles. The zero-order valence-electron chi connectivity index (χ0n) is 16.1. The highest BCUT2D eigenvalue weighted by molar-refractivity contribution is 7.90. The van der Waals surface area contributed by atoms with Crippen LogP contribution in [-0.2, 0) is 20.9 Å². The molecule has 0 bridgehead atoms. The van der Waals surface area contributed by atoms with Gasteiger partial charge in [-0.1, -0.05) is 18.5 Å². The molecule has 0 amide bonds. The smallest absolute Gasteiger partial charge is 0.416 e. The predicted octanol–water partition coefficient (Wildman–Crippen LogP) is 5.19. The summed E-state index contributed by atoms with van der Waals surface area (Å²) in [6.45, 7) is 1.62. The van der Waals surface area contributed by atoms with Gasteiger partial charge in [0, 0.05) is 12.1 Å². The Labute approximate surface area is 180 Å². The number of ether oxygens (including phenoxy) is 2. The third-order valence-corrected chi connectivity index (χ3v) is 5.42. The van der Waals surface area contributed by atoms with Crippen molar-refractivity contribution in [3.8, 4) is 11.5 Å². The summed E-state index contributed by atoms with van der Waals surface area (Å²) < 4.78 is 76.2. The molecule has 2 aromatic carbocycles. The summed E-state index contributed by atoms with van der Waals surface area (Å²) in [5, 5.41) is 11.0. The third kappa shape index (κ3) is 6.31. The average molecular weight is 481 g/mol. The molecule has 0 unspecified atom stereocenters. The van der Waals surface area contributed by atoms with E-state index < -0.39 is 38.3 Å². The number of rotatable bonds is 7. The lowest BCUT2D eigenvalue weighted by atomic mass is 10.1. The maximum atomic E-state index is 12.8. The third-order valence-electron chi connectivity index (χ3n) is 3.76. The van der Waals surface area contributed by atoms with Crippen LogP contribution < -0.4 is 4.74 Å². The second-order valence-corrected chi connectivity index (χ2v) is 8.23. The van der Waals surface area contributed by atoms with Crippen LogP contribution in [-0.4, -0.2) is 32.1 Å². The molecule has 0 N–H and O–H groups in total. The highest BCUT2D eigenvalue weighted by Crippen LogP contribution is 2.37. The summed E-state index contributed by atoms with van der Waals surface area (Å²) in [5.74, 6) is -1.06. The van der Waals surface area contributed by atoms with Crippen LogP contribution in [0.4, 0.5) is 18.9 Å². The van der Waals surface area contributed by atoms with Crippen LogP contribution in [0.25, 0.3) is 0 Å². The predicted molar refractivity (Wildman–Crippen MR) is 107 cm³/mol. The number of methoxy groups -OCH3 is 1. The Kier molecular flexibility index (Phi) is 7.49. The van der Waals surface area contributed by atoms with Crippen molar-refractivity contribution in [2.45, 2.75) is 19.5 Å². The molecule has 168 valence electrons. The van der Waals surface area contributed by atoms with Crippen LogP contribution >= 0.6 is 11.6 Å². The normalized spacial score (nSPS) is 12.5. The van der Waals surface area contributed by atoms with E-state index in [-0.39, 0.29) is 34.3 Å². The van der Waals surface area contributed by atoms with Gasteiger partial charge in [0.25, 0.3) is 15.7 Å². The number of nitro benzene ring substituents is 1. The van der Waals surface area contributed by atoms with E-state index in [4.69, 9.17) is 21.1 Å². The Morgan fingerprint density at radius 2 is 1.90 bits per heavy atom. The SMILES string of the molecule is CCCS(=O)(=O)N=C(OC)c1cc(Oc2ccc(C(F)(F)F)cc2Cl)ccc1[N+](=O)[O-]. The number of halogens is 4. The van der Waals surface area contributed by atoms with Crippen LogP contribution in [0.15, 0.2) is 40.8 Å². The van der Waals surface area contributed by atoms with Gasteiger partial charge in [0.2, 0.25) is 5.90 Å². The van der Waals surface area contributed by atoms with E-state index in [0.29, 0.717) is 6.07 Å². The van der Waals surface area contributed by atoms with E-state index in [1.54, 1.807) is 6.92 Å². The van der Waals surface area contributed by atoms with Crippen LogP contribution in [0.5, 0.6) is 11.5 Å². The van der Waals surface area contributed by atoms with Crippen molar-refractivity contribution in [3.05, 3.63) is 62.7 Å². The monoisotopic (exact) mass is 480 g/mol. The molecule has 31 heavy (non-hydrogen) atoms. The minimum Gasteiger partial charge on any atom is -0.480 e. The summed E-state index contributed by atoms with van der Waals surface area (Å²) in [6.07, 6.45) is -4.34. The standard InChI is InChI=1S/C18H16ClF3N2O6S/c1-3-8-31(27,28)23-17(29-2)13-10-12(5-6-15(13)24(25)26)30-16-7-4-11(9-14(16)19)18(20,21)22/h4-7,9-10H,3,8H2,1-2H3. The molecular weight excluding hydrogens is 465 g/mol. The topological polar surface area (TPSA) is 108 Å². The first kappa shape index (κ1) is 24.4. The Morgan fingerprint density at radius 1 is 1.23 bits per heavy atom. The van der Waals surface area contributed by atoms with E-state index in [9.17, 15) is 31.7 Å². The number of nitro groups is 1. The number of hydrogen-bond donors (Lipinski definition) is 0. The van der Waals surface area contributed by atoms with Gasteiger partial charge in [0.15, 0.2) is 0 Å². The van der Waals surface area contributed by atoms with Crippen molar-refractivity contribution in [2.24, 2.45) is 4.40 Å². The highest BCUT2D eigenvalue weighted by Gasteiger charge is 2.31. The van der Waals surface area contributed by atoms with Gasteiger partial charge in [-0.2, -0.15) is 13.2 Å². The Bertz CT molecular complexity index is 1120. The Hall–Kier alpha value is -2.86. The van der Waals surface area contributed by atoms with Crippen LogP contribution in [0.2, 0.25) is 5.02 Å². The van der Waals surface area contributed by atoms with Crippen molar-refractivity contribution in [1.82, 2.24) is 0 Å². The van der Waals surface area contributed by atoms with Gasteiger partial charge in [0.1, 0.15) is 17.1 Å². The summed E-state index contributed by atoms with van der Waals surface area (Å²) in [4.78, 5) is 10.6. The first-order valence-electron chi connectivity index (χ1n) is 8.58. The molecule has 0 aliphatic carbocycles. The molecule has 0 radical (unpaired) electrons. The summed E-state index contributed by atoms with van der Waals surface area (Å²) in [5.41, 5.74) is -1.80. The molecule has 2 rings (SSSR count). The fourth-order valence-corrected chi connectivity index (χ4v) is 3.67. The second kappa shape index (κ2) is 9.52. The van der Waals surface area contributed by atoms with Gasteiger partial charge >= 0.3 is 6.18 Å². The summed E-state index contributed by atoms with van der Waals surface area (Å²) in [7, 11) is -2.87. The van der Waals surface area contributed by atoms with E-state index in [0.717, 1.165) is 31.4 Å². The number of sulfonamides is 1. The maximum absolute atomic E-state index is 12.8. The van der Waals surface area contributed by atoms with Gasteiger partial charge in [-0.25, -0.2) is 8.42 Å². The second-order valence-electron chi connectivity index (χ2n) is 6.07. The first-order valence-corrected chi connectivity index (χ1v) is 10.6. The fourth-order valence-electron chi connectivity index (χ4n) is 2.42. The zero-order chi connectivity index (χ0) is 23.4. The zero-order valence-corrected chi connectivity index (χ0v) is 17.7. The molecule has 0 saturated heterocycles. The Morgan fingerprint density at radius 3 is 2.42 bits per heavy atom. The Balaban J connectivity index is 2.51. The highest BCUT2D eigenvalue weighted by atomic mass is 35.5. The van der Waals surface area contributed by atoms with Gasteiger partial charge in [0.05, 0.1) is 28.4 Å². The molecule has 0 heterocycles. The molecule has 0 aliphatic heterocycles. The van der Waals surface area contributed by atoms with E-state index in [1.165, 1.54) is 6.07 Å². The van der Waals surface area contributed by atoms with Crippen molar-refractivity contribution in [1.29, 1.82) is 0 Å². The lowest BCUT2D eigenvalue weighted by Crippen LogP contribution is -2.12. The van der Waals surface area contributed by atoms with Gasteiger partial charge in [-0.05, 0) is 30.7 Å². The molecule has 0 saturated carbocycles. The first-order chi connectivity index (χ1) is 14.4. The molecule has 0 atom stereocenters. The molecule has 0 spiro atoms.